The molecule has 1 saturated heterocycles. The Morgan fingerprint density at radius 2 is 1.04 bits per heavy atom. The van der Waals surface area contributed by atoms with E-state index in [4.69, 9.17) is 23.7 Å². The maximum absolute atomic E-state index is 13.8. The number of nitrogens with zero attached hydrogens (tertiary/aromatic N) is 1. The van der Waals surface area contributed by atoms with Crippen LogP contribution in [0.1, 0.15) is 118 Å². The number of hydrogen-bond acceptors (Lipinski definition) is 11. The third-order valence-corrected chi connectivity index (χ3v) is 7.30. The van der Waals surface area contributed by atoms with Crippen LogP contribution in [0.25, 0.3) is 0 Å². The van der Waals surface area contributed by atoms with Crippen LogP contribution in [0.5, 0.6) is 0 Å². The first-order valence-corrected chi connectivity index (χ1v) is 16.8. The van der Waals surface area contributed by atoms with Gasteiger partial charge in [-0.3, -0.25) is 28.8 Å². The minimum atomic E-state index is -1.60. The monoisotopic (exact) mass is 698 g/mol. The number of hydrogen-bond donors (Lipinski definition) is 1. The van der Waals surface area contributed by atoms with Crippen molar-refractivity contribution in [3.8, 4) is 0 Å². The van der Waals surface area contributed by atoms with E-state index >= 15 is 0 Å². The topological polar surface area (TPSA) is 164 Å². The third-order valence-electron chi connectivity index (χ3n) is 7.30. The number of esters is 4. The number of amides is 2. The number of carbonyl (C=O) groups excluding carboxylic acids is 6. The highest BCUT2D eigenvalue weighted by Crippen LogP contribution is 2.36. The van der Waals surface area contributed by atoms with E-state index in [1.807, 2.05) is 0 Å². The summed E-state index contributed by atoms with van der Waals surface area (Å²) in [5, 5.41) is 2.89. The van der Waals surface area contributed by atoms with E-state index in [1.165, 1.54) is 0 Å². The molecular formula is C36H62N2O11. The van der Waals surface area contributed by atoms with Crippen molar-refractivity contribution in [2.24, 2.45) is 27.6 Å². The van der Waals surface area contributed by atoms with Gasteiger partial charge >= 0.3 is 23.9 Å². The smallest absolute Gasteiger partial charge is 0.311 e. The Morgan fingerprint density at radius 3 is 1.39 bits per heavy atom. The molecule has 1 fully saturated rings. The first-order chi connectivity index (χ1) is 21.8. The minimum Gasteiger partial charge on any atom is -0.462 e. The molecule has 0 spiro atoms. The second kappa shape index (κ2) is 15.8. The molecule has 1 aliphatic rings. The highest BCUT2D eigenvalue weighted by Gasteiger charge is 2.57. The predicted molar refractivity (Wildman–Crippen MR) is 182 cm³/mol. The fourth-order valence-corrected chi connectivity index (χ4v) is 4.46. The van der Waals surface area contributed by atoms with Gasteiger partial charge in [0.1, 0.15) is 18.8 Å². The van der Waals surface area contributed by atoms with Crippen molar-refractivity contribution in [2.45, 2.75) is 160 Å². The lowest BCUT2D eigenvalue weighted by Gasteiger charge is -2.49. The third kappa shape index (κ3) is 12.6. The maximum atomic E-state index is 13.8. The van der Waals surface area contributed by atoms with Crippen molar-refractivity contribution in [1.29, 1.82) is 0 Å². The summed E-state index contributed by atoms with van der Waals surface area (Å²) >= 11 is 0. The van der Waals surface area contributed by atoms with Crippen molar-refractivity contribution < 1.29 is 52.5 Å². The van der Waals surface area contributed by atoms with Crippen LogP contribution < -0.4 is 5.32 Å². The van der Waals surface area contributed by atoms with Crippen molar-refractivity contribution in [1.82, 2.24) is 10.2 Å². The second-order valence-corrected chi connectivity index (χ2v) is 18.3. The lowest BCUT2D eigenvalue weighted by Crippen LogP contribution is -2.69. The molecule has 13 nitrogen and oxygen atoms in total. The zero-order valence-corrected chi connectivity index (χ0v) is 32.8. The second-order valence-electron chi connectivity index (χ2n) is 18.3. The van der Waals surface area contributed by atoms with Crippen molar-refractivity contribution in [3.63, 3.8) is 0 Å². The minimum absolute atomic E-state index is 0.401. The highest BCUT2D eigenvalue weighted by molar-refractivity contribution is 5.84. The zero-order valence-electron chi connectivity index (χ0n) is 32.8. The first kappa shape index (κ1) is 43.8. The van der Waals surface area contributed by atoms with Gasteiger partial charge in [0, 0.05) is 5.54 Å². The molecule has 6 atom stereocenters. The van der Waals surface area contributed by atoms with Crippen LogP contribution in [-0.2, 0) is 52.5 Å². The number of rotatable bonds is 10. The molecule has 1 heterocycles. The fourth-order valence-electron chi connectivity index (χ4n) is 4.46. The summed E-state index contributed by atoms with van der Waals surface area (Å²) in [4.78, 5) is 81.4. The summed E-state index contributed by atoms with van der Waals surface area (Å²) in [6, 6.07) is -1.16. The zero-order chi connectivity index (χ0) is 38.7. The number of nitrogens with one attached hydrogen (secondary N) is 1. The van der Waals surface area contributed by atoms with E-state index in [1.54, 1.807) is 118 Å². The number of carbonyl (C=O) groups is 6. The van der Waals surface area contributed by atoms with Crippen LogP contribution >= 0.6 is 0 Å². The molecule has 2 amide bonds. The van der Waals surface area contributed by atoms with Crippen molar-refractivity contribution >= 4 is 36.2 Å². The molecule has 1 rings (SSSR count). The molecule has 0 bridgehead atoms. The van der Waals surface area contributed by atoms with Gasteiger partial charge in [-0.15, -0.1) is 0 Å². The van der Waals surface area contributed by atoms with E-state index in [9.17, 15) is 28.8 Å². The van der Waals surface area contributed by atoms with Gasteiger partial charge in [0.15, 0.2) is 24.5 Å². The predicted octanol–water partition coefficient (Wildman–Crippen LogP) is 4.57. The van der Waals surface area contributed by atoms with Crippen LogP contribution in [0.15, 0.2) is 0 Å². The van der Waals surface area contributed by atoms with Crippen LogP contribution in [0.2, 0.25) is 0 Å². The van der Waals surface area contributed by atoms with Gasteiger partial charge in [-0.05, 0) is 110 Å². The summed E-state index contributed by atoms with van der Waals surface area (Å²) < 4.78 is 30.2. The molecule has 0 aromatic carbocycles. The van der Waals surface area contributed by atoms with Crippen LogP contribution in [-0.4, -0.2) is 89.9 Å². The van der Waals surface area contributed by atoms with E-state index in [0.717, 1.165) is 4.90 Å². The summed E-state index contributed by atoms with van der Waals surface area (Å²) in [7, 11) is 0. The highest BCUT2D eigenvalue weighted by atomic mass is 16.7. The molecule has 0 aliphatic carbocycles. The lowest BCUT2D eigenvalue weighted by atomic mass is 9.91. The summed E-state index contributed by atoms with van der Waals surface area (Å²) in [6.45, 7) is 27.8. The van der Waals surface area contributed by atoms with Gasteiger partial charge < -0.3 is 33.9 Å². The largest absolute Gasteiger partial charge is 0.462 e. The summed E-state index contributed by atoms with van der Waals surface area (Å²) in [5.41, 5.74) is -4.78. The fraction of sp³-hybridized carbons (Fsp3) is 0.833. The van der Waals surface area contributed by atoms with Gasteiger partial charge in [0.05, 0.1) is 21.7 Å². The standard InChI is InChI=1S/C36H62N2O11/c1-20(2)22(26(40)37-36(15,16)17)38(19-39)27-25(49-31(44)35(12,13)14)24(48-30(43)34(9,10)11)23(47-29(42)33(6,7)8)21(46-27)18-45-28(41)32(3,4)5/h19-25,27H,18H2,1-17H3,(H,37,40)/t21?,22-,23+,24?,25?,27-/m1/s1. The Kier molecular flexibility index (Phi) is 14.1. The van der Waals surface area contributed by atoms with Gasteiger partial charge in [0.2, 0.25) is 12.3 Å². The average molecular weight is 699 g/mol. The molecule has 13 heteroatoms. The quantitative estimate of drug-likeness (QED) is 0.193. The summed E-state index contributed by atoms with van der Waals surface area (Å²) in [5.74, 6) is -3.79. The molecule has 3 unspecified atom stereocenters. The molecule has 0 radical (unpaired) electrons. The Labute approximate surface area is 292 Å². The van der Waals surface area contributed by atoms with Gasteiger partial charge in [-0.1, -0.05) is 13.8 Å². The van der Waals surface area contributed by atoms with Crippen molar-refractivity contribution in [3.05, 3.63) is 0 Å². The van der Waals surface area contributed by atoms with Crippen LogP contribution in [0, 0.1) is 27.6 Å². The molecule has 0 saturated carbocycles. The molecule has 1 N–H and O–H groups in total. The first-order valence-electron chi connectivity index (χ1n) is 16.8. The van der Waals surface area contributed by atoms with E-state index in [0.29, 0.717) is 6.41 Å². The molecule has 282 valence electrons. The van der Waals surface area contributed by atoms with Gasteiger partial charge in [-0.2, -0.15) is 0 Å². The summed E-state index contributed by atoms with van der Waals surface area (Å²) in [6.07, 6.45) is -7.15. The normalized spacial score (nSPS) is 22.8. The van der Waals surface area contributed by atoms with E-state index in [-0.39, 0.29) is 0 Å². The Balaban J connectivity index is 4.14. The molecule has 0 aromatic heterocycles. The van der Waals surface area contributed by atoms with Crippen molar-refractivity contribution in [2.75, 3.05) is 6.61 Å². The lowest BCUT2D eigenvalue weighted by molar-refractivity contribution is -0.283. The Hall–Kier alpha value is -3.22. The van der Waals surface area contributed by atoms with Crippen LogP contribution in [0.4, 0.5) is 0 Å². The van der Waals surface area contributed by atoms with E-state index in [2.05, 4.69) is 5.32 Å². The molecule has 49 heavy (non-hydrogen) atoms. The number of ether oxygens (including phenoxy) is 5. The molecule has 0 aromatic rings. The average Bonchev–Trinajstić information content (AvgIpc) is 2.88. The SMILES string of the molecule is CC(C)[C@H](C(=O)NC(C)(C)C)N(C=O)[C@@H]1OC(COC(=O)C(C)(C)C)[C@H](OC(=O)C(C)(C)C)C(OC(=O)C(C)(C)C)C1OC(=O)C(C)(C)C. The maximum Gasteiger partial charge on any atom is 0.311 e. The Morgan fingerprint density at radius 1 is 0.653 bits per heavy atom. The Bertz CT molecular complexity index is 1210. The van der Waals surface area contributed by atoms with Gasteiger partial charge in [-0.25, -0.2) is 0 Å². The van der Waals surface area contributed by atoms with Crippen LogP contribution in [0.3, 0.4) is 0 Å². The molecule has 1 aliphatic heterocycles. The van der Waals surface area contributed by atoms with Gasteiger partial charge in [0.25, 0.3) is 0 Å². The van der Waals surface area contributed by atoms with E-state index < -0.39 is 106 Å². The molecular weight excluding hydrogens is 636 g/mol.